The van der Waals surface area contributed by atoms with Gasteiger partial charge in [0.2, 0.25) is 5.91 Å². The van der Waals surface area contributed by atoms with Gasteiger partial charge >= 0.3 is 0 Å². The predicted octanol–water partition coefficient (Wildman–Crippen LogP) is 3.08. The second kappa shape index (κ2) is 8.19. The molecule has 1 N–H and O–H groups in total. The molecule has 0 spiro atoms. The molecule has 0 heterocycles. The van der Waals surface area contributed by atoms with Crippen molar-refractivity contribution in [3.63, 3.8) is 0 Å². The number of rotatable bonds is 6. The van der Waals surface area contributed by atoms with Crippen LogP contribution in [-0.2, 0) is 4.79 Å². The lowest BCUT2D eigenvalue weighted by molar-refractivity contribution is -0.119. The molecule has 1 aromatic rings. The molecular weight excluding hydrogens is 288 g/mol. The predicted molar refractivity (Wildman–Crippen MR) is 92.0 cm³/mol. The smallest absolute Gasteiger partial charge is 0.254 e. The zero-order valence-electron chi connectivity index (χ0n) is 13.3. The number of benzene rings is 1. The Bertz CT molecular complexity index is 625. The second-order valence-electron chi connectivity index (χ2n) is 5.73. The van der Waals surface area contributed by atoms with Crippen molar-refractivity contribution >= 4 is 17.5 Å². The number of carbonyl (C=O) groups excluding carboxylic acids is 2. The molecule has 0 unspecified atom stereocenters. The number of hydrogen-bond donors (Lipinski definition) is 1. The third kappa shape index (κ3) is 4.46. The molecule has 1 saturated carbocycles. The lowest BCUT2D eigenvalue weighted by atomic mass is 10.1. The van der Waals surface area contributed by atoms with Crippen molar-refractivity contribution in [3.8, 4) is 12.3 Å². The summed E-state index contributed by atoms with van der Waals surface area (Å²) in [6.07, 6.45) is 11.1. The van der Waals surface area contributed by atoms with Crippen molar-refractivity contribution in [1.29, 1.82) is 0 Å². The van der Waals surface area contributed by atoms with Crippen LogP contribution in [0.3, 0.4) is 0 Å². The quantitative estimate of drug-likeness (QED) is 0.648. The summed E-state index contributed by atoms with van der Waals surface area (Å²) in [5.74, 6) is 2.44. The van der Waals surface area contributed by atoms with Gasteiger partial charge in [-0.3, -0.25) is 9.59 Å². The molecule has 0 atom stereocenters. The fourth-order valence-corrected chi connectivity index (χ4v) is 2.83. The highest BCUT2D eigenvalue weighted by molar-refractivity contribution is 5.97. The molecule has 120 valence electrons. The zero-order chi connectivity index (χ0) is 16.7. The third-order valence-electron chi connectivity index (χ3n) is 4.02. The Morgan fingerprint density at radius 1 is 1.39 bits per heavy atom. The largest absolute Gasteiger partial charge is 0.326 e. The molecule has 4 heteroatoms. The van der Waals surface area contributed by atoms with Gasteiger partial charge in [-0.15, -0.1) is 13.0 Å². The van der Waals surface area contributed by atoms with E-state index in [-0.39, 0.29) is 24.3 Å². The highest BCUT2D eigenvalue weighted by atomic mass is 16.2. The van der Waals surface area contributed by atoms with Crippen molar-refractivity contribution < 1.29 is 9.59 Å². The van der Waals surface area contributed by atoms with E-state index in [0.29, 0.717) is 17.8 Å². The number of amides is 2. The van der Waals surface area contributed by atoms with E-state index in [1.54, 1.807) is 30.3 Å². The molecule has 0 aliphatic heterocycles. The Morgan fingerprint density at radius 3 is 2.78 bits per heavy atom. The summed E-state index contributed by atoms with van der Waals surface area (Å²) in [6, 6.07) is 6.98. The van der Waals surface area contributed by atoms with E-state index in [4.69, 9.17) is 6.42 Å². The first-order valence-electron chi connectivity index (χ1n) is 7.90. The summed E-state index contributed by atoms with van der Waals surface area (Å²) in [5, 5.41) is 2.91. The maximum Gasteiger partial charge on any atom is 0.254 e. The maximum absolute atomic E-state index is 12.5. The molecule has 0 aromatic heterocycles. The van der Waals surface area contributed by atoms with Gasteiger partial charge in [0.15, 0.2) is 0 Å². The van der Waals surface area contributed by atoms with E-state index < -0.39 is 0 Å². The molecule has 0 bridgehead atoms. The van der Waals surface area contributed by atoms with Crippen LogP contribution >= 0.6 is 0 Å². The van der Waals surface area contributed by atoms with Gasteiger partial charge in [-0.2, -0.15) is 0 Å². The van der Waals surface area contributed by atoms with Crippen molar-refractivity contribution in [2.45, 2.75) is 25.7 Å². The van der Waals surface area contributed by atoms with Gasteiger partial charge in [0.25, 0.3) is 5.91 Å². The molecule has 2 amide bonds. The van der Waals surface area contributed by atoms with Gasteiger partial charge in [-0.05, 0) is 31.0 Å². The van der Waals surface area contributed by atoms with E-state index in [1.807, 2.05) is 0 Å². The van der Waals surface area contributed by atoms with E-state index in [9.17, 15) is 9.59 Å². The maximum atomic E-state index is 12.5. The fraction of sp³-hybridized carbons (Fsp3) is 0.368. The first-order chi connectivity index (χ1) is 11.2. The van der Waals surface area contributed by atoms with Crippen LogP contribution in [0.5, 0.6) is 0 Å². The van der Waals surface area contributed by atoms with Gasteiger partial charge in [-0.1, -0.05) is 30.9 Å². The normalized spacial score (nSPS) is 14.0. The summed E-state index contributed by atoms with van der Waals surface area (Å²) >= 11 is 0. The summed E-state index contributed by atoms with van der Waals surface area (Å²) in [7, 11) is 0. The molecule has 4 nitrogen and oxygen atoms in total. The molecule has 0 radical (unpaired) electrons. The molecule has 23 heavy (non-hydrogen) atoms. The Hall–Kier alpha value is -2.54. The minimum atomic E-state index is -0.167. The fourth-order valence-electron chi connectivity index (χ4n) is 2.83. The van der Waals surface area contributed by atoms with E-state index in [2.05, 4.69) is 17.8 Å². The van der Waals surface area contributed by atoms with Crippen LogP contribution in [0.25, 0.3) is 0 Å². The monoisotopic (exact) mass is 310 g/mol. The minimum absolute atomic E-state index is 0.0404. The average molecular weight is 310 g/mol. The number of anilines is 1. The van der Waals surface area contributed by atoms with Gasteiger partial charge in [-0.25, -0.2) is 0 Å². The second-order valence-corrected chi connectivity index (χ2v) is 5.73. The minimum Gasteiger partial charge on any atom is -0.326 e. The topological polar surface area (TPSA) is 49.4 Å². The lowest BCUT2D eigenvalue weighted by Crippen LogP contribution is -2.31. The molecule has 1 aliphatic carbocycles. The zero-order valence-corrected chi connectivity index (χ0v) is 13.3. The molecule has 0 saturated heterocycles. The number of hydrogen-bond acceptors (Lipinski definition) is 2. The average Bonchev–Trinajstić information content (AvgIpc) is 3.09. The van der Waals surface area contributed by atoms with Gasteiger partial charge in [0.05, 0.1) is 6.54 Å². The van der Waals surface area contributed by atoms with E-state index in [0.717, 1.165) is 25.7 Å². The van der Waals surface area contributed by atoms with Crippen LogP contribution in [0.4, 0.5) is 5.69 Å². The van der Waals surface area contributed by atoms with E-state index >= 15 is 0 Å². The van der Waals surface area contributed by atoms with Crippen LogP contribution in [0.15, 0.2) is 36.9 Å². The lowest BCUT2D eigenvalue weighted by Gasteiger charge is -2.19. The highest BCUT2D eigenvalue weighted by Crippen LogP contribution is 2.26. The van der Waals surface area contributed by atoms with Crippen molar-refractivity contribution in [3.05, 3.63) is 42.5 Å². The van der Waals surface area contributed by atoms with Crippen molar-refractivity contribution in [1.82, 2.24) is 4.90 Å². The van der Waals surface area contributed by atoms with E-state index in [1.165, 1.54) is 4.90 Å². The molecule has 2 rings (SSSR count). The van der Waals surface area contributed by atoms with Gasteiger partial charge in [0, 0.05) is 23.7 Å². The van der Waals surface area contributed by atoms with Crippen LogP contribution in [0.1, 0.15) is 36.0 Å². The number of nitrogens with one attached hydrogen (secondary N) is 1. The Morgan fingerprint density at radius 2 is 2.13 bits per heavy atom. The van der Waals surface area contributed by atoms with Crippen molar-refractivity contribution in [2.75, 3.05) is 18.4 Å². The van der Waals surface area contributed by atoms with Crippen LogP contribution < -0.4 is 5.32 Å². The summed E-state index contributed by atoms with van der Waals surface area (Å²) in [4.78, 5) is 26.2. The highest BCUT2D eigenvalue weighted by Gasteiger charge is 2.23. The molecule has 1 fully saturated rings. The number of carbonyl (C=O) groups is 2. The first-order valence-corrected chi connectivity index (χ1v) is 7.90. The first kappa shape index (κ1) is 16.8. The summed E-state index contributed by atoms with van der Waals surface area (Å²) in [5.41, 5.74) is 1.15. The molecular formula is C19H22N2O2. The molecule has 1 aliphatic rings. The third-order valence-corrected chi connectivity index (χ3v) is 4.02. The SMILES string of the molecule is C#CCN(CC=C)C(=O)c1cccc(NC(=O)C2CCCC2)c1. The van der Waals surface area contributed by atoms with Gasteiger partial charge < -0.3 is 10.2 Å². The summed E-state index contributed by atoms with van der Waals surface area (Å²) < 4.78 is 0. The van der Waals surface area contributed by atoms with Crippen LogP contribution in [-0.4, -0.2) is 29.8 Å². The summed E-state index contributed by atoms with van der Waals surface area (Å²) in [6.45, 7) is 4.26. The number of nitrogens with zero attached hydrogens (tertiary/aromatic N) is 1. The Labute approximate surface area is 137 Å². The van der Waals surface area contributed by atoms with Crippen LogP contribution in [0.2, 0.25) is 0 Å². The van der Waals surface area contributed by atoms with Gasteiger partial charge in [0.1, 0.15) is 0 Å². The number of terminal acetylenes is 1. The Kier molecular flexibility index (Phi) is 5.99. The van der Waals surface area contributed by atoms with Crippen LogP contribution in [0, 0.1) is 18.3 Å². The standard InChI is InChI=1S/C19H22N2O2/c1-3-12-21(13-4-2)19(23)16-10-7-11-17(14-16)20-18(22)15-8-5-6-9-15/h1,4,7,10-11,14-15H,2,5-6,8-9,12-13H2,(H,20,22). The Balaban J connectivity index is 2.09. The molecule has 1 aromatic carbocycles. The van der Waals surface area contributed by atoms with Crippen molar-refractivity contribution in [2.24, 2.45) is 5.92 Å².